The first-order chi connectivity index (χ1) is 18.6. The highest BCUT2D eigenvalue weighted by molar-refractivity contribution is 7.07. The number of rotatable bonds is 8. The van der Waals surface area contributed by atoms with Crippen molar-refractivity contribution in [1.29, 1.82) is 0 Å². The Hall–Kier alpha value is -4.58. The van der Waals surface area contributed by atoms with Crippen LogP contribution in [0.3, 0.4) is 0 Å². The largest absolute Gasteiger partial charge is 0.490 e. The average molecular weight is 552 g/mol. The number of carbonyl (C=O) groups excluding carboxylic acids is 2. The molecule has 0 fully saturated rings. The molecule has 0 spiro atoms. The Kier molecular flexibility index (Phi) is 8.05. The minimum atomic E-state index is -0.918. The van der Waals surface area contributed by atoms with Gasteiger partial charge in [-0.15, -0.1) is 0 Å². The minimum absolute atomic E-state index is 0.105. The van der Waals surface area contributed by atoms with Crippen molar-refractivity contribution < 1.29 is 28.7 Å². The molecule has 2 heterocycles. The van der Waals surface area contributed by atoms with Gasteiger partial charge >= 0.3 is 11.9 Å². The molecule has 0 unspecified atom stereocenters. The van der Waals surface area contributed by atoms with Crippen LogP contribution in [0.1, 0.15) is 44.9 Å². The fourth-order valence-electron chi connectivity index (χ4n) is 4.19. The maximum atomic E-state index is 13.7. The van der Waals surface area contributed by atoms with Crippen LogP contribution in [0.15, 0.2) is 63.5 Å². The molecule has 0 bridgehead atoms. The van der Waals surface area contributed by atoms with Gasteiger partial charge in [0.05, 0.1) is 40.0 Å². The minimum Gasteiger partial charge on any atom is -0.490 e. The normalized spacial score (nSPS) is 14.9. The molecule has 11 nitrogen and oxygen atoms in total. The van der Waals surface area contributed by atoms with Crippen molar-refractivity contribution in [2.75, 3.05) is 13.2 Å². The topological polar surface area (TPSA) is 139 Å². The summed E-state index contributed by atoms with van der Waals surface area (Å²) in [7, 11) is 0. The van der Waals surface area contributed by atoms with Crippen LogP contribution < -0.4 is 24.4 Å². The predicted octanol–water partition coefficient (Wildman–Crippen LogP) is 3.03. The van der Waals surface area contributed by atoms with E-state index in [1.54, 1.807) is 51.1 Å². The van der Waals surface area contributed by atoms with Crippen LogP contribution in [-0.2, 0) is 14.3 Å². The highest BCUT2D eigenvalue weighted by atomic mass is 32.1. The first-order valence-corrected chi connectivity index (χ1v) is 12.9. The molecule has 3 aromatic rings. The summed E-state index contributed by atoms with van der Waals surface area (Å²) in [5.41, 5.74) is 0.988. The van der Waals surface area contributed by atoms with E-state index in [1.165, 1.54) is 29.7 Å². The Balaban J connectivity index is 1.95. The summed E-state index contributed by atoms with van der Waals surface area (Å²) in [5.74, 6) is -0.689. The van der Waals surface area contributed by atoms with E-state index in [1.807, 2.05) is 0 Å². The van der Waals surface area contributed by atoms with Gasteiger partial charge in [0.25, 0.3) is 11.2 Å². The highest BCUT2D eigenvalue weighted by Crippen LogP contribution is 2.36. The first kappa shape index (κ1) is 27.5. The predicted molar refractivity (Wildman–Crippen MR) is 142 cm³/mol. The monoisotopic (exact) mass is 551 g/mol. The van der Waals surface area contributed by atoms with E-state index in [0.717, 1.165) is 11.3 Å². The van der Waals surface area contributed by atoms with E-state index >= 15 is 0 Å². The number of esters is 2. The van der Waals surface area contributed by atoms with Crippen molar-refractivity contribution in [3.05, 3.63) is 94.7 Å². The number of fused-ring (bicyclic) bond motifs is 1. The molecular weight excluding hydrogens is 526 g/mol. The third-order valence-corrected chi connectivity index (χ3v) is 6.72. The van der Waals surface area contributed by atoms with Crippen LogP contribution in [-0.4, -0.2) is 34.6 Å². The second-order valence-corrected chi connectivity index (χ2v) is 9.40. The molecule has 12 heteroatoms. The van der Waals surface area contributed by atoms with Gasteiger partial charge in [-0.25, -0.2) is 9.79 Å². The van der Waals surface area contributed by atoms with Crippen molar-refractivity contribution in [2.24, 2.45) is 4.99 Å². The number of nitro groups is 1. The number of benzene rings is 2. The summed E-state index contributed by atoms with van der Waals surface area (Å²) in [6, 6.07) is 9.80. The zero-order chi connectivity index (χ0) is 28.3. The number of thiazole rings is 1. The summed E-state index contributed by atoms with van der Waals surface area (Å²) < 4.78 is 17.9. The van der Waals surface area contributed by atoms with Crippen LogP contribution in [0.4, 0.5) is 5.69 Å². The number of nitrogens with zero attached hydrogens (tertiary/aromatic N) is 3. The van der Waals surface area contributed by atoms with Crippen molar-refractivity contribution in [1.82, 2.24) is 4.57 Å². The van der Waals surface area contributed by atoms with E-state index in [9.17, 15) is 24.5 Å². The molecule has 4 rings (SSSR count). The molecule has 0 saturated heterocycles. The summed E-state index contributed by atoms with van der Waals surface area (Å²) in [4.78, 5) is 54.0. The number of hydrogen-bond acceptors (Lipinski definition) is 10. The quantitative estimate of drug-likeness (QED) is 0.180. The van der Waals surface area contributed by atoms with Crippen LogP contribution in [0.25, 0.3) is 6.08 Å². The zero-order valence-corrected chi connectivity index (χ0v) is 22.4. The van der Waals surface area contributed by atoms with Gasteiger partial charge in [0.1, 0.15) is 0 Å². The summed E-state index contributed by atoms with van der Waals surface area (Å²) in [6.45, 7) is 6.78. The number of aromatic nitrogens is 1. The molecule has 0 amide bonds. The van der Waals surface area contributed by atoms with Gasteiger partial charge in [0, 0.05) is 19.1 Å². The molecule has 0 saturated carbocycles. The number of allylic oxidation sites excluding steroid dienone is 1. The van der Waals surface area contributed by atoms with E-state index in [4.69, 9.17) is 14.2 Å². The van der Waals surface area contributed by atoms with Crippen molar-refractivity contribution in [3.63, 3.8) is 0 Å². The van der Waals surface area contributed by atoms with Crippen LogP contribution in [0.2, 0.25) is 0 Å². The molecule has 2 aromatic carbocycles. The van der Waals surface area contributed by atoms with E-state index in [-0.39, 0.29) is 40.5 Å². The van der Waals surface area contributed by atoms with Gasteiger partial charge in [0.2, 0.25) is 0 Å². The van der Waals surface area contributed by atoms with E-state index in [0.29, 0.717) is 21.6 Å². The second-order valence-electron chi connectivity index (χ2n) is 8.39. The van der Waals surface area contributed by atoms with Crippen LogP contribution in [0, 0.1) is 10.1 Å². The standard InChI is InChI=1S/C27H25N3O8S/c1-5-36-21-14-18(10-11-20(21)38-16(4)31)24-23(26(33)37-6-2)15(3)28-27-29(24)25(32)22(39-27)13-17-8-7-9-19(12-17)30(34)35/h7-14,24H,5-6H2,1-4H3/b22-13+/t24-/m1/s1. The molecule has 0 N–H and O–H groups in total. The van der Waals surface area contributed by atoms with Crippen molar-refractivity contribution in [3.8, 4) is 11.5 Å². The third kappa shape index (κ3) is 5.65. The number of hydrogen-bond donors (Lipinski definition) is 0. The average Bonchev–Trinajstić information content (AvgIpc) is 3.18. The lowest BCUT2D eigenvalue weighted by atomic mass is 9.95. The molecular formula is C27H25N3O8S. The Morgan fingerprint density at radius 1 is 1.15 bits per heavy atom. The molecule has 202 valence electrons. The number of ether oxygens (including phenoxy) is 3. The summed E-state index contributed by atoms with van der Waals surface area (Å²) in [6.07, 6.45) is 1.55. The second kappa shape index (κ2) is 11.4. The van der Waals surface area contributed by atoms with Crippen molar-refractivity contribution >= 4 is 35.0 Å². The molecule has 1 aliphatic heterocycles. The van der Waals surface area contributed by atoms with E-state index < -0.39 is 28.5 Å². The first-order valence-electron chi connectivity index (χ1n) is 12.0. The number of nitro benzene ring substituents is 1. The molecule has 0 aliphatic carbocycles. The Labute approximate surface area is 226 Å². The van der Waals surface area contributed by atoms with Crippen LogP contribution >= 0.6 is 11.3 Å². The highest BCUT2D eigenvalue weighted by Gasteiger charge is 2.34. The van der Waals surface area contributed by atoms with Crippen molar-refractivity contribution in [2.45, 2.75) is 33.7 Å². The Bertz CT molecular complexity index is 1690. The lowest BCUT2D eigenvalue weighted by Crippen LogP contribution is -2.40. The lowest BCUT2D eigenvalue weighted by Gasteiger charge is -2.25. The zero-order valence-electron chi connectivity index (χ0n) is 21.6. The smallest absolute Gasteiger partial charge is 0.338 e. The van der Waals surface area contributed by atoms with Gasteiger partial charge < -0.3 is 14.2 Å². The van der Waals surface area contributed by atoms with Gasteiger partial charge in [-0.2, -0.15) is 0 Å². The Morgan fingerprint density at radius 2 is 1.92 bits per heavy atom. The van der Waals surface area contributed by atoms with Gasteiger partial charge in [-0.1, -0.05) is 29.5 Å². The number of carbonyl (C=O) groups is 2. The van der Waals surface area contributed by atoms with Crippen LogP contribution in [0.5, 0.6) is 11.5 Å². The van der Waals surface area contributed by atoms with Gasteiger partial charge in [-0.3, -0.25) is 24.3 Å². The van der Waals surface area contributed by atoms with E-state index in [2.05, 4.69) is 4.99 Å². The fraction of sp³-hybridized carbons (Fsp3) is 0.259. The molecule has 1 aliphatic rings. The van der Waals surface area contributed by atoms with Gasteiger partial charge in [0.15, 0.2) is 16.3 Å². The Morgan fingerprint density at radius 3 is 2.59 bits per heavy atom. The maximum Gasteiger partial charge on any atom is 0.338 e. The SMILES string of the molecule is CCOC(=O)C1=C(C)N=c2s/c(=C/c3cccc([N+](=O)[O-])c3)c(=O)n2[C@@H]1c1ccc(OC(C)=O)c(OCC)c1. The molecule has 39 heavy (non-hydrogen) atoms. The fourth-order valence-corrected chi connectivity index (χ4v) is 5.24. The molecule has 1 atom stereocenters. The molecule has 0 radical (unpaired) electrons. The van der Waals surface area contributed by atoms with Gasteiger partial charge in [-0.05, 0) is 50.1 Å². The lowest BCUT2D eigenvalue weighted by molar-refractivity contribution is -0.384. The summed E-state index contributed by atoms with van der Waals surface area (Å²) >= 11 is 1.10. The maximum absolute atomic E-state index is 13.7. The summed E-state index contributed by atoms with van der Waals surface area (Å²) in [5, 5.41) is 11.2. The number of non-ortho nitro benzene ring substituents is 1. The third-order valence-electron chi connectivity index (χ3n) is 5.73. The molecule has 1 aromatic heterocycles.